The highest BCUT2D eigenvalue weighted by molar-refractivity contribution is 9.10. The highest BCUT2D eigenvalue weighted by Crippen LogP contribution is 2.27. The monoisotopic (exact) mass is 355 g/mol. The number of halogens is 3. The maximum absolute atomic E-state index is 13.1. The van der Waals surface area contributed by atoms with Crippen LogP contribution in [0.3, 0.4) is 0 Å². The van der Waals surface area contributed by atoms with E-state index in [2.05, 4.69) is 21.2 Å². The predicted octanol–water partition coefficient (Wildman–Crippen LogP) is 3.68. The van der Waals surface area contributed by atoms with Crippen LogP contribution < -0.4 is 5.32 Å². The standard InChI is InChI=1S/C14H8BrF2NO3/c15-11-3-1-2-10(14(20)21)12(11)18-13(19)7-4-8(16)6-9(17)5-7/h1-6H,(H,18,19)(H,20,21). The first-order valence-electron chi connectivity index (χ1n) is 5.67. The van der Waals surface area contributed by atoms with Gasteiger partial charge in [0.2, 0.25) is 0 Å². The Hall–Kier alpha value is -2.28. The van der Waals surface area contributed by atoms with Crippen LogP contribution >= 0.6 is 15.9 Å². The van der Waals surface area contributed by atoms with Gasteiger partial charge in [-0.25, -0.2) is 13.6 Å². The maximum atomic E-state index is 13.1. The molecule has 1 amide bonds. The molecular weight excluding hydrogens is 348 g/mol. The Labute approximate surface area is 126 Å². The molecule has 2 N–H and O–H groups in total. The van der Waals surface area contributed by atoms with Crippen LogP contribution in [0.2, 0.25) is 0 Å². The first-order valence-corrected chi connectivity index (χ1v) is 6.47. The zero-order chi connectivity index (χ0) is 15.6. The fraction of sp³-hybridized carbons (Fsp3) is 0. The molecule has 7 heteroatoms. The van der Waals surface area contributed by atoms with Crippen LogP contribution in [0.1, 0.15) is 20.7 Å². The van der Waals surface area contributed by atoms with Crippen molar-refractivity contribution in [3.63, 3.8) is 0 Å². The molecule has 0 fully saturated rings. The molecule has 108 valence electrons. The molecule has 0 heterocycles. The quantitative estimate of drug-likeness (QED) is 0.882. The van der Waals surface area contributed by atoms with Crippen molar-refractivity contribution >= 4 is 33.5 Å². The second-order valence-electron chi connectivity index (χ2n) is 4.08. The van der Waals surface area contributed by atoms with Gasteiger partial charge in [-0.05, 0) is 40.2 Å². The van der Waals surface area contributed by atoms with Crippen LogP contribution in [0.5, 0.6) is 0 Å². The molecule has 0 atom stereocenters. The van der Waals surface area contributed by atoms with Crippen molar-refractivity contribution in [3.8, 4) is 0 Å². The number of carbonyl (C=O) groups excluding carboxylic acids is 1. The lowest BCUT2D eigenvalue weighted by Gasteiger charge is -2.10. The number of hydrogen-bond acceptors (Lipinski definition) is 2. The van der Waals surface area contributed by atoms with Gasteiger partial charge in [0, 0.05) is 16.1 Å². The van der Waals surface area contributed by atoms with Gasteiger partial charge in [-0.1, -0.05) is 6.07 Å². The molecule has 2 aromatic rings. The van der Waals surface area contributed by atoms with E-state index in [9.17, 15) is 18.4 Å². The lowest BCUT2D eigenvalue weighted by Crippen LogP contribution is -2.15. The minimum atomic E-state index is -1.24. The zero-order valence-corrected chi connectivity index (χ0v) is 11.9. The Kier molecular flexibility index (Phi) is 4.32. The van der Waals surface area contributed by atoms with Crippen molar-refractivity contribution in [2.75, 3.05) is 5.32 Å². The summed E-state index contributed by atoms with van der Waals surface area (Å²) >= 11 is 3.12. The lowest BCUT2D eigenvalue weighted by atomic mass is 10.1. The number of carbonyl (C=O) groups is 2. The van der Waals surface area contributed by atoms with Gasteiger partial charge >= 0.3 is 5.97 Å². The Bertz CT molecular complexity index is 714. The molecule has 0 aliphatic heterocycles. The molecule has 0 radical (unpaired) electrons. The third-order valence-corrected chi connectivity index (χ3v) is 3.27. The van der Waals surface area contributed by atoms with E-state index < -0.39 is 23.5 Å². The maximum Gasteiger partial charge on any atom is 0.337 e. The van der Waals surface area contributed by atoms with Gasteiger partial charge in [0.1, 0.15) is 11.6 Å². The number of para-hydroxylation sites is 1. The van der Waals surface area contributed by atoms with Crippen LogP contribution in [0, 0.1) is 11.6 Å². The van der Waals surface area contributed by atoms with Gasteiger partial charge in [0.05, 0.1) is 11.3 Å². The number of carboxylic acids is 1. The second-order valence-corrected chi connectivity index (χ2v) is 4.93. The number of amides is 1. The minimum Gasteiger partial charge on any atom is -0.478 e. The molecule has 4 nitrogen and oxygen atoms in total. The van der Waals surface area contributed by atoms with Crippen molar-refractivity contribution in [2.45, 2.75) is 0 Å². The molecule has 0 aliphatic rings. The molecule has 0 aliphatic carbocycles. The first-order chi connectivity index (χ1) is 9.88. The predicted molar refractivity (Wildman–Crippen MR) is 75.4 cm³/mol. The van der Waals surface area contributed by atoms with Gasteiger partial charge in [-0.15, -0.1) is 0 Å². The number of nitrogens with one attached hydrogen (secondary N) is 1. The average Bonchev–Trinajstić information content (AvgIpc) is 2.39. The van der Waals surface area contributed by atoms with Crippen LogP contribution in [-0.2, 0) is 0 Å². The summed E-state index contributed by atoms with van der Waals surface area (Å²) in [5.74, 6) is -3.85. The topological polar surface area (TPSA) is 66.4 Å². The van der Waals surface area contributed by atoms with Gasteiger partial charge in [0.15, 0.2) is 0 Å². The van der Waals surface area contributed by atoms with E-state index in [0.717, 1.165) is 12.1 Å². The summed E-state index contributed by atoms with van der Waals surface area (Å²) in [6.45, 7) is 0. The Balaban J connectivity index is 2.38. The fourth-order valence-corrected chi connectivity index (χ4v) is 2.17. The number of anilines is 1. The molecule has 0 spiro atoms. The molecule has 21 heavy (non-hydrogen) atoms. The van der Waals surface area contributed by atoms with E-state index in [0.29, 0.717) is 10.5 Å². The van der Waals surface area contributed by atoms with Crippen LogP contribution in [0.15, 0.2) is 40.9 Å². The Morgan fingerprint density at radius 3 is 2.29 bits per heavy atom. The van der Waals surface area contributed by atoms with Crippen molar-refractivity contribution in [3.05, 3.63) is 63.6 Å². The molecule has 0 bridgehead atoms. The fourth-order valence-electron chi connectivity index (χ4n) is 1.70. The summed E-state index contributed by atoms with van der Waals surface area (Å²) in [6.07, 6.45) is 0. The van der Waals surface area contributed by atoms with Gasteiger partial charge in [0.25, 0.3) is 5.91 Å². The molecule has 2 rings (SSSR count). The van der Waals surface area contributed by atoms with E-state index in [1.807, 2.05) is 0 Å². The number of hydrogen-bond donors (Lipinski definition) is 2. The Morgan fingerprint density at radius 1 is 1.10 bits per heavy atom. The number of aromatic carboxylic acids is 1. The van der Waals surface area contributed by atoms with Crippen LogP contribution in [0.4, 0.5) is 14.5 Å². The van der Waals surface area contributed by atoms with Gasteiger partial charge in [-0.2, -0.15) is 0 Å². The largest absolute Gasteiger partial charge is 0.478 e. The number of rotatable bonds is 3. The normalized spacial score (nSPS) is 10.2. The van der Waals surface area contributed by atoms with E-state index in [-0.39, 0.29) is 16.8 Å². The smallest absolute Gasteiger partial charge is 0.337 e. The van der Waals surface area contributed by atoms with Crippen molar-refractivity contribution in [1.29, 1.82) is 0 Å². The van der Waals surface area contributed by atoms with Gasteiger partial charge in [-0.3, -0.25) is 4.79 Å². The summed E-state index contributed by atoms with van der Waals surface area (Å²) in [5.41, 5.74) is -0.381. The van der Waals surface area contributed by atoms with Crippen molar-refractivity contribution in [2.24, 2.45) is 0 Å². The molecule has 0 aromatic heterocycles. The molecule has 0 saturated carbocycles. The van der Waals surface area contributed by atoms with Crippen LogP contribution in [-0.4, -0.2) is 17.0 Å². The molecule has 0 unspecified atom stereocenters. The lowest BCUT2D eigenvalue weighted by molar-refractivity contribution is 0.0698. The van der Waals surface area contributed by atoms with Gasteiger partial charge < -0.3 is 10.4 Å². The summed E-state index contributed by atoms with van der Waals surface area (Å²) < 4.78 is 26.5. The highest BCUT2D eigenvalue weighted by atomic mass is 79.9. The third-order valence-electron chi connectivity index (χ3n) is 2.61. The van der Waals surface area contributed by atoms with E-state index in [1.54, 1.807) is 0 Å². The second kappa shape index (κ2) is 6.01. The van der Waals surface area contributed by atoms with E-state index in [4.69, 9.17) is 5.11 Å². The van der Waals surface area contributed by atoms with E-state index >= 15 is 0 Å². The highest BCUT2D eigenvalue weighted by Gasteiger charge is 2.17. The summed E-state index contributed by atoms with van der Waals surface area (Å²) in [4.78, 5) is 23.1. The third kappa shape index (κ3) is 3.43. The number of carboxylic acid groups (broad SMARTS) is 1. The summed E-state index contributed by atoms with van der Waals surface area (Å²) in [5, 5.41) is 11.4. The van der Waals surface area contributed by atoms with Crippen molar-refractivity contribution < 1.29 is 23.5 Å². The molecule has 2 aromatic carbocycles. The first kappa shape index (κ1) is 15.1. The summed E-state index contributed by atoms with van der Waals surface area (Å²) in [6, 6.07) is 6.68. The Morgan fingerprint density at radius 2 is 1.71 bits per heavy atom. The number of benzene rings is 2. The molecule has 0 saturated heterocycles. The van der Waals surface area contributed by atoms with E-state index in [1.165, 1.54) is 18.2 Å². The average molecular weight is 356 g/mol. The summed E-state index contributed by atoms with van der Waals surface area (Å²) in [7, 11) is 0. The SMILES string of the molecule is O=C(Nc1c(Br)cccc1C(=O)O)c1cc(F)cc(F)c1. The van der Waals surface area contributed by atoms with Crippen molar-refractivity contribution in [1.82, 2.24) is 0 Å². The minimum absolute atomic E-state index is 0.0136. The van der Waals surface area contributed by atoms with Crippen LogP contribution in [0.25, 0.3) is 0 Å². The zero-order valence-electron chi connectivity index (χ0n) is 10.4. The molecular formula is C14H8BrF2NO3.